The molecule has 0 saturated carbocycles. The molecule has 78 valence electrons. The van der Waals surface area contributed by atoms with Crippen LogP contribution in [0.1, 0.15) is 25.7 Å². The first-order valence-electron chi connectivity index (χ1n) is 4.81. The molecule has 0 aromatic heterocycles. The first kappa shape index (κ1) is 10.9. The van der Waals surface area contributed by atoms with Crippen LogP contribution in [0.25, 0.3) is 0 Å². The second-order valence-corrected chi connectivity index (χ2v) is 5.36. The lowest BCUT2D eigenvalue weighted by molar-refractivity contribution is 0.332. The Morgan fingerprint density at radius 2 is 1.77 bits per heavy atom. The number of nitrogens with zero attached hydrogens (tertiary/aromatic N) is 1. The molecule has 0 aliphatic carbocycles. The second-order valence-electron chi connectivity index (χ2n) is 3.62. The zero-order valence-corrected chi connectivity index (χ0v) is 8.72. The lowest BCUT2D eigenvalue weighted by Gasteiger charge is -2.13. The van der Waals surface area contributed by atoms with E-state index in [1.807, 2.05) is 0 Å². The molecule has 1 aliphatic heterocycles. The van der Waals surface area contributed by atoms with Crippen LogP contribution in [0.15, 0.2) is 0 Å². The molecular weight excluding hydrogens is 188 g/mol. The number of likely N-dealkylation sites (tertiary alicyclic amines) is 1. The molecule has 4 nitrogen and oxygen atoms in total. The highest BCUT2D eigenvalue weighted by Crippen LogP contribution is 2.08. The third-order valence-electron chi connectivity index (χ3n) is 2.35. The average Bonchev–Trinajstić information content (AvgIpc) is 2.48. The summed E-state index contributed by atoms with van der Waals surface area (Å²) in [4.78, 5) is 2.38. The SMILES string of the molecule is NS(=O)(=O)CCCCN1CCCC1. The van der Waals surface area contributed by atoms with E-state index in [1.54, 1.807) is 0 Å². The molecule has 0 aromatic rings. The Bertz CT molecular complexity index is 233. The van der Waals surface area contributed by atoms with Gasteiger partial charge in [0.05, 0.1) is 5.75 Å². The van der Waals surface area contributed by atoms with Crippen molar-refractivity contribution in [1.29, 1.82) is 0 Å². The first-order valence-corrected chi connectivity index (χ1v) is 6.52. The maximum absolute atomic E-state index is 10.6. The third kappa shape index (κ3) is 5.23. The molecular formula is C8H18N2O2S. The van der Waals surface area contributed by atoms with Crippen molar-refractivity contribution in [2.24, 2.45) is 5.14 Å². The molecule has 1 rings (SSSR count). The summed E-state index contributed by atoms with van der Waals surface area (Å²) in [6.45, 7) is 3.38. The number of nitrogens with two attached hydrogens (primary N) is 1. The highest BCUT2D eigenvalue weighted by atomic mass is 32.2. The van der Waals surface area contributed by atoms with Gasteiger partial charge in [0.25, 0.3) is 0 Å². The van der Waals surface area contributed by atoms with E-state index in [-0.39, 0.29) is 5.75 Å². The number of unbranched alkanes of at least 4 members (excludes halogenated alkanes) is 1. The highest BCUT2D eigenvalue weighted by Gasteiger charge is 2.10. The van der Waals surface area contributed by atoms with E-state index >= 15 is 0 Å². The van der Waals surface area contributed by atoms with E-state index in [1.165, 1.54) is 25.9 Å². The Labute approximate surface area is 80.1 Å². The van der Waals surface area contributed by atoms with Gasteiger partial charge in [0.15, 0.2) is 0 Å². The van der Waals surface area contributed by atoms with Gasteiger partial charge in [-0.3, -0.25) is 0 Å². The van der Waals surface area contributed by atoms with Crippen molar-refractivity contribution in [2.45, 2.75) is 25.7 Å². The molecule has 5 heteroatoms. The standard InChI is InChI=1S/C8H18N2O2S/c9-13(11,12)8-4-3-7-10-5-1-2-6-10/h1-8H2,(H2,9,11,12). The number of rotatable bonds is 5. The molecule has 1 saturated heterocycles. The minimum atomic E-state index is -3.24. The summed E-state index contributed by atoms with van der Waals surface area (Å²) in [6, 6.07) is 0. The van der Waals surface area contributed by atoms with Gasteiger partial charge < -0.3 is 4.90 Å². The Kier molecular flexibility index (Phi) is 4.15. The van der Waals surface area contributed by atoms with Crippen LogP contribution in [0.3, 0.4) is 0 Å². The molecule has 1 aliphatic rings. The Balaban J connectivity index is 2.01. The van der Waals surface area contributed by atoms with Crippen LogP contribution in [-0.4, -0.2) is 38.7 Å². The van der Waals surface area contributed by atoms with Crippen LogP contribution < -0.4 is 5.14 Å². The van der Waals surface area contributed by atoms with Gasteiger partial charge >= 0.3 is 0 Å². The normalized spacial score (nSPS) is 19.5. The molecule has 0 aromatic carbocycles. The zero-order chi connectivity index (χ0) is 9.73. The zero-order valence-electron chi connectivity index (χ0n) is 7.91. The maximum Gasteiger partial charge on any atom is 0.209 e. The fourth-order valence-corrected chi connectivity index (χ4v) is 2.25. The highest BCUT2D eigenvalue weighted by molar-refractivity contribution is 7.89. The van der Waals surface area contributed by atoms with E-state index in [0.29, 0.717) is 6.42 Å². The molecule has 0 radical (unpaired) electrons. The van der Waals surface area contributed by atoms with Crippen LogP contribution in [0.2, 0.25) is 0 Å². The molecule has 0 bridgehead atoms. The molecule has 0 amide bonds. The smallest absolute Gasteiger partial charge is 0.209 e. The fraction of sp³-hybridized carbons (Fsp3) is 1.00. The van der Waals surface area contributed by atoms with Gasteiger partial charge in [-0.2, -0.15) is 0 Å². The van der Waals surface area contributed by atoms with Crippen molar-refractivity contribution in [3.05, 3.63) is 0 Å². The lowest BCUT2D eigenvalue weighted by Crippen LogP contribution is -2.22. The van der Waals surface area contributed by atoms with Gasteiger partial charge in [0.1, 0.15) is 0 Å². The van der Waals surface area contributed by atoms with Gasteiger partial charge in [-0.25, -0.2) is 13.6 Å². The molecule has 1 heterocycles. The van der Waals surface area contributed by atoms with E-state index in [9.17, 15) is 8.42 Å². The van der Waals surface area contributed by atoms with Crippen molar-refractivity contribution >= 4 is 10.0 Å². The number of primary sulfonamides is 1. The largest absolute Gasteiger partial charge is 0.303 e. The summed E-state index contributed by atoms with van der Waals surface area (Å²) in [5, 5.41) is 4.89. The number of hydrogen-bond acceptors (Lipinski definition) is 3. The minimum Gasteiger partial charge on any atom is -0.303 e. The first-order chi connectivity index (χ1) is 6.08. The van der Waals surface area contributed by atoms with Crippen LogP contribution >= 0.6 is 0 Å². The van der Waals surface area contributed by atoms with E-state index in [0.717, 1.165) is 13.0 Å². The van der Waals surface area contributed by atoms with Crippen molar-refractivity contribution in [3.63, 3.8) is 0 Å². The van der Waals surface area contributed by atoms with Crippen molar-refractivity contribution in [1.82, 2.24) is 4.90 Å². The predicted molar refractivity (Wildman–Crippen MR) is 52.9 cm³/mol. The van der Waals surface area contributed by atoms with E-state index < -0.39 is 10.0 Å². The minimum absolute atomic E-state index is 0.126. The summed E-state index contributed by atoms with van der Waals surface area (Å²) in [6.07, 6.45) is 4.20. The summed E-state index contributed by atoms with van der Waals surface area (Å²) in [5.41, 5.74) is 0. The topological polar surface area (TPSA) is 63.4 Å². The molecule has 1 fully saturated rings. The van der Waals surface area contributed by atoms with E-state index in [4.69, 9.17) is 5.14 Å². The summed E-state index contributed by atoms with van der Waals surface area (Å²) in [5.74, 6) is 0.126. The van der Waals surface area contributed by atoms with Crippen molar-refractivity contribution in [2.75, 3.05) is 25.4 Å². The molecule has 0 atom stereocenters. The lowest BCUT2D eigenvalue weighted by atomic mass is 10.3. The predicted octanol–water partition coefficient (Wildman–Crippen LogP) is 0.151. The van der Waals surface area contributed by atoms with Crippen LogP contribution in [0.4, 0.5) is 0 Å². The van der Waals surface area contributed by atoms with Crippen molar-refractivity contribution < 1.29 is 8.42 Å². The molecule has 13 heavy (non-hydrogen) atoms. The van der Waals surface area contributed by atoms with Crippen molar-refractivity contribution in [3.8, 4) is 0 Å². The second kappa shape index (κ2) is 4.93. The van der Waals surface area contributed by atoms with Gasteiger partial charge in [-0.1, -0.05) is 0 Å². The van der Waals surface area contributed by atoms with Gasteiger partial charge in [-0.15, -0.1) is 0 Å². The van der Waals surface area contributed by atoms with Crippen LogP contribution in [0.5, 0.6) is 0 Å². The van der Waals surface area contributed by atoms with Gasteiger partial charge in [0, 0.05) is 0 Å². The third-order valence-corrected chi connectivity index (χ3v) is 3.21. The quantitative estimate of drug-likeness (QED) is 0.651. The Hall–Kier alpha value is -0.130. The fourth-order valence-electron chi connectivity index (χ4n) is 1.64. The molecule has 2 N–H and O–H groups in total. The summed E-state index contributed by atoms with van der Waals surface area (Å²) >= 11 is 0. The Morgan fingerprint density at radius 3 is 2.31 bits per heavy atom. The van der Waals surface area contributed by atoms with Gasteiger partial charge in [0.2, 0.25) is 10.0 Å². The van der Waals surface area contributed by atoms with E-state index in [2.05, 4.69) is 4.90 Å². The summed E-state index contributed by atoms with van der Waals surface area (Å²) < 4.78 is 21.2. The summed E-state index contributed by atoms with van der Waals surface area (Å²) in [7, 11) is -3.24. The average molecular weight is 206 g/mol. The molecule has 0 spiro atoms. The molecule has 0 unspecified atom stereocenters. The van der Waals surface area contributed by atoms with Crippen LogP contribution in [-0.2, 0) is 10.0 Å². The monoisotopic (exact) mass is 206 g/mol. The maximum atomic E-state index is 10.6. The number of hydrogen-bond donors (Lipinski definition) is 1. The van der Waals surface area contributed by atoms with Crippen LogP contribution in [0, 0.1) is 0 Å². The Morgan fingerprint density at radius 1 is 1.15 bits per heavy atom. The number of sulfonamides is 1. The van der Waals surface area contributed by atoms with Gasteiger partial charge in [-0.05, 0) is 45.3 Å².